The van der Waals surface area contributed by atoms with Gasteiger partial charge in [-0.15, -0.1) is 0 Å². The van der Waals surface area contributed by atoms with Crippen molar-refractivity contribution in [2.75, 3.05) is 25.6 Å². The summed E-state index contributed by atoms with van der Waals surface area (Å²) in [5, 5.41) is 0.429. The molecule has 1 aromatic heterocycles. The molecule has 0 bridgehead atoms. The Morgan fingerprint density at radius 3 is 2.79 bits per heavy atom. The number of rotatable bonds is 3. The molecular weight excluding hydrogens is 270 g/mol. The zero-order valence-electron chi connectivity index (χ0n) is 10.4. The Labute approximate surface area is 115 Å². The molecule has 2 rings (SSSR count). The van der Waals surface area contributed by atoms with Gasteiger partial charge in [0.05, 0.1) is 17.3 Å². The van der Waals surface area contributed by atoms with Gasteiger partial charge < -0.3 is 15.2 Å². The van der Waals surface area contributed by atoms with Crippen LogP contribution in [0.5, 0.6) is 0 Å². The van der Waals surface area contributed by atoms with Gasteiger partial charge in [0.15, 0.2) is 0 Å². The number of anilines is 1. The van der Waals surface area contributed by atoms with E-state index in [1.165, 1.54) is 9.80 Å². The van der Waals surface area contributed by atoms with Crippen LogP contribution in [0.25, 0.3) is 0 Å². The highest BCUT2D eigenvalue weighted by molar-refractivity contribution is 6.35. The van der Waals surface area contributed by atoms with E-state index < -0.39 is 11.8 Å². The fraction of sp³-hybridized carbons (Fsp3) is 0.364. The van der Waals surface area contributed by atoms with Gasteiger partial charge in [-0.25, -0.2) is 10.8 Å². The third kappa shape index (κ3) is 2.77. The fourth-order valence-electron chi connectivity index (χ4n) is 1.78. The molecule has 1 aromatic rings. The molecular formula is C11H14ClN5O2. The molecule has 1 fully saturated rings. The zero-order chi connectivity index (χ0) is 14.0. The number of halogens is 1. The number of nitrogens with two attached hydrogens (primary N) is 1. The lowest BCUT2D eigenvalue weighted by molar-refractivity contribution is -0.155. The largest absolute Gasteiger partial charge is 0.336 e. The maximum atomic E-state index is 11.8. The minimum absolute atomic E-state index is 0.187. The van der Waals surface area contributed by atoms with Gasteiger partial charge in [-0.3, -0.25) is 9.59 Å². The smallest absolute Gasteiger partial charge is 0.312 e. The molecule has 1 aliphatic rings. The number of hydrogen-bond donors (Lipinski definition) is 2. The van der Waals surface area contributed by atoms with E-state index >= 15 is 0 Å². The highest BCUT2D eigenvalue weighted by Crippen LogP contribution is 2.19. The second-order valence-corrected chi connectivity index (χ2v) is 4.63. The Kier molecular flexibility index (Phi) is 3.87. The van der Waals surface area contributed by atoms with Crippen LogP contribution in [0.1, 0.15) is 5.69 Å². The number of piperazine rings is 1. The molecule has 0 radical (unpaired) electrons. The second-order valence-electron chi connectivity index (χ2n) is 4.22. The predicted molar refractivity (Wildman–Crippen MR) is 70.1 cm³/mol. The van der Waals surface area contributed by atoms with E-state index in [4.69, 9.17) is 17.4 Å². The van der Waals surface area contributed by atoms with Crippen molar-refractivity contribution in [2.24, 2.45) is 5.84 Å². The molecule has 0 aliphatic carbocycles. The summed E-state index contributed by atoms with van der Waals surface area (Å²) in [6.45, 7) is 1.14. The summed E-state index contributed by atoms with van der Waals surface area (Å²) < 4.78 is 0. The van der Waals surface area contributed by atoms with Crippen LogP contribution >= 0.6 is 11.6 Å². The van der Waals surface area contributed by atoms with Gasteiger partial charge in [-0.1, -0.05) is 11.6 Å². The maximum Gasteiger partial charge on any atom is 0.312 e. The molecule has 0 aromatic carbocycles. The number of nitrogens with zero attached hydrogens (tertiary/aromatic N) is 3. The molecule has 0 spiro atoms. The van der Waals surface area contributed by atoms with Crippen molar-refractivity contribution < 1.29 is 9.59 Å². The number of hydrogen-bond acceptors (Lipinski definition) is 5. The van der Waals surface area contributed by atoms with Crippen LogP contribution in [0, 0.1) is 0 Å². The summed E-state index contributed by atoms with van der Waals surface area (Å²) in [5.74, 6) is 4.66. The number of aromatic nitrogens is 1. The maximum absolute atomic E-state index is 11.8. The summed E-state index contributed by atoms with van der Waals surface area (Å²) in [6, 6.07) is 3.27. The molecule has 0 atom stereocenters. The molecule has 102 valence electrons. The highest BCUT2D eigenvalue weighted by atomic mass is 35.5. The summed E-state index contributed by atoms with van der Waals surface area (Å²) >= 11 is 6.02. The van der Waals surface area contributed by atoms with E-state index in [1.54, 1.807) is 19.2 Å². The molecule has 2 amide bonds. The fourth-order valence-corrected chi connectivity index (χ4v) is 1.94. The highest BCUT2D eigenvalue weighted by Gasteiger charge is 2.30. The van der Waals surface area contributed by atoms with Gasteiger partial charge in [0.25, 0.3) is 0 Å². The van der Waals surface area contributed by atoms with Crippen LogP contribution < -0.4 is 11.3 Å². The Bertz CT molecular complexity index is 522. The van der Waals surface area contributed by atoms with Crippen molar-refractivity contribution in [3.05, 3.63) is 22.8 Å². The zero-order valence-corrected chi connectivity index (χ0v) is 11.1. The molecule has 7 nitrogen and oxygen atoms in total. The molecule has 2 heterocycles. The Morgan fingerprint density at radius 2 is 2.11 bits per heavy atom. The van der Waals surface area contributed by atoms with Crippen molar-refractivity contribution in [1.29, 1.82) is 0 Å². The first-order chi connectivity index (χ1) is 9.02. The average molecular weight is 284 g/mol. The van der Waals surface area contributed by atoms with E-state index in [2.05, 4.69) is 10.4 Å². The predicted octanol–water partition coefficient (Wildman–Crippen LogP) is -0.179. The number of nitrogens with one attached hydrogen (secondary N) is 1. The first-order valence-corrected chi connectivity index (χ1v) is 6.07. The number of carbonyl (C=O) groups excluding carboxylic acids is 2. The molecule has 1 saturated heterocycles. The first kappa shape index (κ1) is 13.6. The minimum atomic E-state index is -0.544. The molecule has 1 aliphatic heterocycles. The Morgan fingerprint density at radius 1 is 1.37 bits per heavy atom. The van der Waals surface area contributed by atoms with Crippen molar-refractivity contribution in [3.8, 4) is 0 Å². The Balaban J connectivity index is 2.17. The van der Waals surface area contributed by atoms with E-state index in [9.17, 15) is 9.59 Å². The number of hydrazine groups is 1. The summed E-state index contributed by atoms with van der Waals surface area (Å²) in [7, 11) is 1.60. The monoisotopic (exact) mass is 283 g/mol. The van der Waals surface area contributed by atoms with Crippen LogP contribution in [0.4, 0.5) is 5.82 Å². The van der Waals surface area contributed by atoms with Crippen LogP contribution in [0.3, 0.4) is 0 Å². The topological polar surface area (TPSA) is 91.6 Å². The molecule has 8 heteroatoms. The SMILES string of the molecule is CN1CCN(Cc2nc(NN)ccc2Cl)C(=O)C1=O. The number of carbonyl (C=O) groups is 2. The number of nitrogen functional groups attached to an aromatic ring is 1. The summed E-state index contributed by atoms with van der Waals surface area (Å²) in [6.07, 6.45) is 0. The van der Waals surface area contributed by atoms with Gasteiger partial charge in [-0.05, 0) is 12.1 Å². The molecule has 0 saturated carbocycles. The van der Waals surface area contributed by atoms with Gasteiger partial charge in [-0.2, -0.15) is 0 Å². The van der Waals surface area contributed by atoms with Crippen LogP contribution in [0.2, 0.25) is 5.02 Å². The number of pyridine rings is 1. The van der Waals surface area contributed by atoms with E-state index in [-0.39, 0.29) is 6.54 Å². The van der Waals surface area contributed by atoms with Crippen LogP contribution in [-0.2, 0) is 16.1 Å². The standard InChI is InChI=1S/C11H14ClN5O2/c1-16-4-5-17(11(19)10(16)18)6-8-7(12)2-3-9(14-8)15-13/h2-3H,4-6,13H2,1H3,(H,14,15). The van der Waals surface area contributed by atoms with Crippen molar-refractivity contribution in [2.45, 2.75) is 6.54 Å². The third-order valence-corrected chi connectivity index (χ3v) is 3.27. The van der Waals surface area contributed by atoms with Gasteiger partial charge in [0.1, 0.15) is 5.82 Å². The van der Waals surface area contributed by atoms with Crippen molar-refractivity contribution in [1.82, 2.24) is 14.8 Å². The van der Waals surface area contributed by atoms with Crippen molar-refractivity contribution >= 4 is 29.2 Å². The van der Waals surface area contributed by atoms with Gasteiger partial charge in [0, 0.05) is 20.1 Å². The van der Waals surface area contributed by atoms with Crippen molar-refractivity contribution in [3.63, 3.8) is 0 Å². The average Bonchev–Trinajstić information content (AvgIpc) is 2.41. The lowest BCUT2D eigenvalue weighted by atomic mass is 10.2. The lowest BCUT2D eigenvalue weighted by Crippen LogP contribution is -2.52. The normalized spacial score (nSPS) is 15.9. The lowest BCUT2D eigenvalue weighted by Gasteiger charge is -2.31. The van der Waals surface area contributed by atoms with E-state index in [0.717, 1.165) is 0 Å². The van der Waals surface area contributed by atoms with Gasteiger partial charge in [0.2, 0.25) is 0 Å². The minimum Gasteiger partial charge on any atom is -0.336 e. The molecule has 3 N–H and O–H groups in total. The third-order valence-electron chi connectivity index (χ3n) is 2.93. The van der Waals surface area contributed by atoms with Crippen LogP contribution in [-0.4, -0.2) is 46.7 Å². The van der Waals surface area contributed by atoms with Gasteiger partial charge >= 0.3 is 11.8 Å². The summed E-state index contributed by atoms with van der Waals surface area (Å²) in [4.78, 5) is 30.4. The van der Waals surface area contributed by atoms with E-state index in [0.29, 0.717) is 29.6 Å². The molecule has 19 heavy (non-hydrogen) atoms. The molecule has 0 unspecified atom stereocenters. The number of likely N-dealkylation sites (N-methyl/N-ethyl adjacent to an activating group) is 1. The summed E-state index contributed by atoms with van der Waals surface area (Å²) in [5.41, 5.74) is 2.91. The number of amides is 2. The quantitative estimate of drug-likeness (QED) is 0.456. The Hall–Kier alpha value is -1.86. The van der Waals surface area contributed by atoms with E-state index in [1.807, 2.05) is 0 Å². The van der Waals surface area contributed by atoms with Crippen LogP contribution in [0.15, 0.2) is 12.1 Å². The first-order valence-electron chi connectivity index (χ1n) is 5.69. The second kappa shape index (κ2) is 5.41.